The molecule has 1 saturated heterocycles. The lowest BCUT2D eigenvalue weighted by atomic mass is 10.1. The molecule has 1 aromatic carbocycles. The Morgan fingerprint density at radius 3 is 2.55 bits per heavy atom. The summed E-state index contributed by atoms with van der Waals surface area (Å²) in [6, 6.07) is 6.18. The summed E-state index contributed by atoms with van der Waals surface area (Å²) >= 11 is 0. The van der Waals surface area contributed by atoms with E-state index in [4.69, 9.17) is 4.74 Å². The van der Waals surface area contributed by atoms with Crippen molar-refractivity contribution in [2.45, 2.75) is 32.7 Å². The zero-order valence-electron chi connectivity index (χ0n) is 21.8. The number of rotatable bonds is 8. The number of hydrogen-bond acceptors (Lipinski definition) is 8. The summed E-state index contributed by atoms with van der Waals surface area (Å²) in [5, 5.41) is 10.4. The van der Waals surface area contributed by atoms with Crippen molar-refractivity contribution in [2.24, 2.45) is 13.0 Å². The number of amides is 4. The van der Waals surface area contributed by atoms with Crippen molar-refractivity contribution in [2.75, 3.05) is 30.8 Å². The van der Waals surface area contributed by atoms with Crippen LogP contribution in [0.5, 0.6) is 5.75 Å². The highest BCUT2D eigenvalue weighted by Gasteiger charge is 2.35. The smallest absolute Gasteiger partial charge is 0.331 e. The van der Waals surface area contributed by atoms with Gasteiger partial charge >= 0.3 is 12.1 Å². The van der Waals surface area contributed by atoms with Gasteiger partial charge in [0.2, 0.25) is 0 Å². The number of aromatic nitrogens is 4. The van der Waals surface area contributed by atoms with Crippen LogP contribution in [-0.2, 0) is 7.05 Å². The van der Waals surface area contributed by atoms with E-state index in [1.807, 2.05) is 32.0 Å². The number of imide groups is 1. The summed E-state index contributed by atoms with van der Waals surface area (Å²) in [6.07, 6.45) is 4.74. The zero-order chi connectivity index (χ0) is 27.0. The number of ketones is 1. The van der Waals surface area contributed by atoms with Crippen molar-refractivity contribution in [1.29, 1.82) is 0 Å². The van der Waals surface area contributed by atoms with Crippen molar-refractivity contribution in [3.05, 3.63) is 42.4 Å². The average Bonchev–Trinajstić information content (AvgIpc) is 3.54. The molecule has 2 fully saturated rings. The molecule has 1 saturated carbocycles. The normalized spacial score (nSPS) is 15.2. The Labute approximate surface area is 220 Å². The van der Waals surface area contributed by atoms with Gasteiger partial charge in [0.1, 0.15) is 12.1 Å². The SMILES string of the molecule is COc1c(Nc2cc(NC(=O)N3CCN(C(C)C)C3=O)ncc2C(=O)C2CC2)cccc1-c1ncn(C)n1. The van der Waals surface area contributed by atoms with E-state index in [9.17, 15) is 14.4 Å². The third-order valence-corrected chi connectivity index (χ3v) is 6.59. The lowest BCUT2D eigenvalue weighted by molar-refractivity contribution is 0.0968. The molecule has 0 bridgehead atoms. The van der Waals surface area contributed by atoms with Crippen LogP contribution in [0.3, 0.4) is 0 Å². The molecule has 3 heterocycles. The van der Waals surface area contributed by atoms with Gasteiger partial charge in [-0.25, -0.2) is 24.5 Å². The first-order valence-electron chi connectivity index (χ1n) is 12.5. The molecule has 12 heteroatoms. The predicted molar refractivity (Wildman–Crippen MR) is 141 cm³/mol. The molecule has 12 nitrogen and oxygen atoms in total. The summed E-state index contributed by atoms with van der Waals surface area (Å²) in [5.74, 6) is 1.16. The first kappa shape index (κ1) is 25.2. The summed E-state index contributed by atoms with van der Waals surface area (Å²) in [4.78, 5) is 50.0. The molecular formula is C26H30N8O4. The summed E-state index contributed by atoms with van der Waals surface area (Å²) in [6.45, 7) is 4.57. The fourth-order valence-corrected chi connectivity index (χ4v) is 4.43. The lowest BCUT2D eigenvalue weighted by Crippen LogP contribution is -2.41. The van der Waals surface area contributed by atoms with Crippen LogP contribution in [0.2, 0.25) is 0 Å². The van der Waals surface area contributed by atoms with E-state index >= 15 is 0 Å². The second-order valence-corrected chi connectivity index (χ2v) is 9.66. The maximum absolute atomic E-state index is 13.1. The fourth-order valence-electron chi connectivity index (χ4n) is 4.43. The van der Waals surface area contributed by atoms with Gasteiger partial charge in [0, 0.05) is 44.4 Å². The molecule has 0 atom stereocenters. The molecule has 3 aromatic rings. The highest BCUT2D eigenvalue weighted by molar-refractivity contribution is 6.06. The number of pyridine rings is 1. The molecule has 38 heavy (non-hydrogen) atoms. The van der Waals surface area contributed by atoms with Gasteiger partial charge in [0.05, 0.1) is 29.6 Å². The first-order valence-corrected chi connectivity index (χ1v) is 12.5. The number of nitrogens with zero attached hydrogens (tertiary/aromatic N) is 6. The zero-order valence-corrected chi connectivity index (χ0v) is 21.8. The minimum atomic E-state index is -0.571. The van der Waals surface area contributed by atoms with Gasteiger partial charge in [-0.3, -0.25) is 14.8 Å². The lowest BCUT2D eigenvalue weighted by Gasteiger charge is -2.21. The maximum atomic E-state index is 13.1. The first-order chi connectivity index (χ1) is 18.3. The Morgan fingerprint density at radius 1 is 1.13 bits per heavy atom. The van der Waals surface area contributed by atoms with Crippen molar-refractivity contribution in [1.82, 2.24) is 29.5 Å². The second-order valence-electron chi connectivity index (χ2n) is 9.66. The number of methoxy groups -OCH3 is 1. The number of carbonyl (C=O) groups is 3. The van der Waals surface area contributed by atoms with E-state index < -0.39 is 6.03 Å². The number of urea groups is 2. The number of aryl methyl sites for hydroxylation is 1. The van der Waals surface area contributed by atoms with Crippen LogP contribution in [-0.4, -0.2) is 73.6 Å². The topological polar surface area (TPSA) is 135 Å². The molecule has 2 aliphatic rings. The van der Waals surface area contributed by atoms with Crippen LogP contribution in [0.25, 0.3) is 11.4 Å². The van der Waals surface area contributed by atoms with Crippen molar-refractivity contribution in [3.63, 3.8) is 0 Å². The van der Waals surface area contributed by atoms with Crippen LogP contribution in [0.15, 0.2) is 36.8 Å². The molecule has 1 aliphatic heterocycles. The van der Waals surface area contributed by atoms with Gasteiger partial charge in [-0.05, 0) is 38.8 Å². The maximum Gasteiger partial charge on any atom is 0.331 e. The van der Waals surface area contributed by atoms with Gasteiger partial charge in [0.25, 0.3) is 0 Å². The number of nitrogens with one attached hydrogen (secondary N) is 2. The minimum absolute atomic E-state index is 0.00558. The highest BCUT2D eigenvalue weighted by atomic mass is 16.5. The third kappa shape index (κ3) is 4.89. The van der Waals surface area contributed by atoms with Gasteiger partial charge in [-0.15, -0.1) is 0 Å². The molecule has 2 aromatic heterocycles. The predicted octanol–water partition coefficient (Wildman–Crippen LogP) is 3.90. The summed E-state index contributed by atoms with van der Waals surface area (Å²) in [7, 11) is 3.33. The molecule has 1 aliphatic carbocycles. The number of Topliss-reactive ketones (excluding diaryl/α,β-unsaturated/α-hetero) is 1. The van der Waals surface area contributed by atoms with Crippen molar-refractivity contribution < 1.29 is 19.1 Å². The molecular weight excluding hydrogens is 488 g/mol. The van der Waals surface area contributed by atoms with E-state index in [1.54, 1.807) is 36.1 Å². The van der Waals surface area contributed by atoms with Crippen LogP contribution in [0.1, 0.15) is 37.0 Å². The molecule has 0 unspecified atom stereocenters. The van der Waals surface area contributed by atoms with Gasteiger partial charge in [-0.1, -0.05) is 6.07 Å². The number of anilines is 3. The van der Waals surface area contributed by atoms with Crippen LogP contribution < -0.4 is 15.4 Å². The van der Waals surface area contributed by atoms with Crippen molar-refractivity contribution in [3.8, 4) is 17.1 Å². The van der Waals surface area contributed by atoms with Gasteiger partial charge in [-0.2, -0.15) is 5.10 Å². The van der Waals surface area contributed by atoms with Crippen LogP contribution in [0.4, 0.5) is 26.8 Å². The Bertz CT molecular complexity index is 1400. The standard InChI is InChI=1S/C26H30N8O4/c1-15(2)33-10-11-34(26(33)37)25(36)30-21-12-20(18(13-27-21)22(35)16-8-9-16)29-19-7-5-6-17(23(19)38-4)24-28-14-32(3)31-24/h5-7,12-16H,8-11H2,1-4H3,(H2,27,29,30,36). The van der Waals surface area contributed by atoms with Crippen LogP contribution >= 0.6 is 0 Å². The second kappa shape index (κ2) is 10.1. The van der Waals surface area contributed by atoms with Gasteiger partial charge in [0.15, 0.2) is 17.4 Å². The van der Waals surface area contributed by atoms with E-state index in [0.717, 1.165) is 17.7 Å². The van der Waals surface area contributed by atoms with E-state index in [1.165, 1.54) is 6.20 Å². The Balaban J connectivity index is 1.45. The molecule has 0 radical (unpaired) electrons. The van der Waals surface area contributed by atoms with E-state index in [2.05, 4.69) is 25.7 Å². The number of ether oxygens (including phenoxy) is 1. The van der Waals surface area contributed by atoms with Gasteiger partial charge < -0.3 is 15.0 Å². The largest absolute Gasteiger partial charge is 0.494 e. The number of para-hydroxylation sites is 1. The molecule has 198 valence electrons. The molecule has 0 spiro atoms. The van der Waals surface area contributed by atoms with E-state index in [-0.39, 0.29) is 36.1 Å². The monoisotopic (exact) mass is 518 g/mol. The van der Waals surface area contributed by atoms with E-state index in [0.29, 0.717) is 40.6 Å². The summed E-state index contributed by atoms with van der Waals surface area (Å²) in [5.41, 5.74) is 2.15. The molecule has 4 amide bonds. The Hall–Kier alpha value is -4.48. The Morgan fingerprint density at radius 2 is 1.92 bits per heavy atom. The number of hydrogen-bond donors (Lipinski definition) is 2. The quantitative estimate of drug-likeness (QED) is 0.429. The highest BCUT2D eigenvalue weighted by Crippen LogP contribution is 2.39. The fraction of sp³-hybridized carbons (Fsp3) is 0.385. The molecule has 5 rings (SSSR count). The molecule has 2 N–H and O–H groups in total. The summed E-state index contributed by atoms with van der Waals surface area (Å²) < 4.78 is 7.31. The van der Waals surface area contributed by atoms with Crippen LogP contribution in [0, 0.1) is 5.92 Å². The number of carbonyl (C=O) groups excluding carboxylic acids is 3. The third-order valence-electron chi connectivity index (χ3n) is 6.59. The average molecular weight is 519 g/mol. The van der Waals surface area contributed by atoms with Crippen molar-refractivity contribution >= 4 is 35.0 Å². The Kier molecular flexibility index (Phi) is 6.70. The number of benzene rings is 1. The minimum Gasteiger partial charge on any atom is -0.494 e.